The number of nitrogens with two attached hydrogens (primary N) is 1. The van der Waals surface area contributed by atoms with E-state index >= 15 is 0 Å². The SMILES string of the molecule is CCCC(C)N(C)C(c1ccccc1)C(C)N. The van der Waals surface area contributed by atoms with E-state index in [0.717, 1.165) is 0 Å². The van der Waals surface area contributed by atoms with Crippen LogP contribution < -0.4 is 5.73 Å². The van der Waals surface area contributed by atoms with Crippen molar-refractivity contribution in [2.24, 2.45) is 5.73 Å². The maximum Gasteiger partial charge on any atom is 0.0496 e. The molecular formula is C15H26N2. The molecule has 0 amide bonds. The first-order valence-electron chi connectivity index (χ1n) is 6.60. The third-order valence-corrected chi connectivity index (χ3v) is 3.48. The van der Waals surface area contributed by atoms with E-state index in [2.05, 4.69) is 63.1 Å². The zero-order valence-corrected chi connectivity index (χ0v) is 11.6. The van der Waals surface area contributed by atoms with Crippen LogP contribution in [0.4, 0.5) is 0 Å². The maximum absolute atomic E-state index is 6.16. The van der Waals surface area contributed by atoms with Gasteiger partial charge in [0.15, 0.2) is 0 Å². The Morgan fingerprint density at radius 3 is 2.24 bits per heavy atom. The first kappa shape index (κ1) is 14.2. The predicted octanol–water partition coefficient (Wildman–Crippen LogP) is 3.20. The van der Waals surface area contributed by atoms with Gasteiger partial charge in [-0.25, -0.2) is 0 Å². The van der Waals surface area contributed by atoms with Gasteiger partial charge < -0.3 is 5.73 Å². The van der Waals surface area contributed by atoms with E-state index in [0.29, 0.717) is 12.1 Å². The zero-order chi connectivity index (χ0) is 12.8. The van der Waals surface area contributed by atoms with Crippen molar-refractivity contribution in [1.29, 1.82) is 0 Å². The van der Waals surface area contributed by atoms with Gasteiger partial charge in [0.05, 0.1) is 0 Å². The lowest BCUT2D eigenvalue weighted by atomic mass is 9.97. The lowest BCUT2D eigenvalue weighted by Gasteiger charge is -2.36. The highest BCUT2D eigenvalue weighted by Gasteiger charge is 2.24. The highest BCUT2D eigenvalue weighted by Crippen LogP contribution is 2.25. The molecule has 17 heavy (non-hydrogen) atoms. The number of hydrogen-bond donors (Lipinski definition) is 1. The third-order valence-electron chi connectivity index (χ3n) is 3.48. The van der Waals surface area contributed by atoms with Gasteiger partial charge in [-0.3, -0.25) is 4.90 Å². The minimum Gasteiger partial charge on any atom is -0.326 e. The van der Waals surface area contributed by atoms with Crippen molar-refractivity contribution in [3.05, 3.63) is 35.9 Å². The Kier molecular flexibility index (Phi) is 5.66. The van der Waals surface area contributed by atoms with E-state index in [1.165, 1.54) is 18.4 Å². The molecule has 96 valence electrons. The van der Waals surface area contributed by atoms with Gasteiger partial charge in [0, 0.05) is 18.1 Å². The van der Waals surface area contributed by atoms with E-state index in [-0.39, 0.29) is 6.04 Å². The van der Waals surface area contributed by atoms with Crippen LogP contribution in [0.3, 0.4) is 0 Å². The highest BCUT2D eigenvalue weighted by atomic mass is 15.2. The van der Waals surface area contributed by atoms with Gasteiger partial charge in [0.25, 0.3) is 0 Å². The van der Waals surface area contributed by atoms with Crippen LogP contribution in [-0.4, -0.2) is 24.0 Å². The molecule has 0 aromatic heterocycles. The van der Waals surface area contributed by atoms with Gasteiger partial charge in [-0.2, -0.15) is 0 Å². The molecule has 1 aromatic carbocycles. The minimum atomic E-state index is 0.140. The number of benzene rings is 1. The molecule has 0 fully saturated rings. The lowest BCUT2D eigenvalue weighted by molar-refractivity contribution is 0.157. The molecule has 0 aliphatic heterocycles. The molecule has 0 aliphatic carbocycles. The van der Waals surface area contributed by atoms with E-state index in [4.69, 9.17) is 5.73 Å². The second-order valence-corrected chi connectivity index (χ2v) is 5.02. The van der Waals surface area contributed by atoms with Gasteiger partial charge in [-0.05, 0) is 32.9 Å². The van der Waals surface area contributed by atoms with Gasteiger partial charge in [-0.1, -0.05) is 43.7 Å². The molecule has 3 unspecified atom stereocenters. The molecule has 0 radical (unpaired) electrons. The molecule has 1 rings (SSSR count). The van der Waals surface area contributed by atoms with E-state index in [9.17, 15) is 0 Å². The highest BCUT2D eigenvalue weighted by molar-refractivity contribution is 5.20. The third kappa shape index (κ3) is 3.83. The molecule has 0 spiro atoms. The summed E-state index contributed by atoms with van der Waals surface area (Å²) in [6, 6.07) is 11.6. The molecule has 1 aromatic rings. The Hall–Kier alpha value is -0.860. The Balaban J connectivity index is 2.86. The number of hydrogen-bond acceptors (Lipinski definition) is 2. The molecule has 2 heteroatoms. The summed E-state index contributed by atoms with van der Waals surface area (Å²) in [4.78, 5) is 2.41. The van der Waals surface area contributed by atoms with Crippen LogP contribution in [0.2, 0.25) is 0 Å². The fourth-order valence-electron chi connectivity index (χ4n) is 2.46. The first-order valence-corrected chi connectivity index (χ1v) is 6.60. The number of likely N-dealkylation sites (N-methyl/N-ethyl adjacent to an activating group) is 1. The van der Waals surface area contributed by atoms with Crippen molar-refractivity contribution in [2.45, 2.75) is 51.7 Å². The predicted molar refractivity (Wildman–Crippen MR) is 75.0 cm³/mol. The van der Waals surface area contributed by atoms with Crippen molar-refractivity contribution in [2.75, 3.05) is 7.05 Å². The van der Waals surface area contributed by atoms with Crippen molar-refractivity contribution < 1.29 is 0 Å². The number of nitrogens with zero attached hydrogens (tertiary/aromatic N) is 1. The minimum absolute atomic E-state index is 0.140. The van der Waals surface area contributed by atoms with Crippen LogP contribution in [0, 0.1) is 0 Å². The molecule has 0 saturated heterocycles. The second-order valence-electron chi connectivity index (χ2n) is 5.02. The van der Waals surface area contributed by atoms with Crippen LogP contribution in [0.25, 0.3) is 0 Å². The fraction of sp³-hybridized carbons (Fsp3) is 0.600. The summed E-state index contributed by atoms with van der Waals surface area (Å²) in [6.07, 6.45) is 2.43. The zero-order valence-electron chi connectivity index (χ0n) is 11.6. The summed E-state index contributed by atoms with van der Waals surface area (Å²) in [5.74, 6) is 0. The van der Waals surface area contributed by atoms with Crippen molar-refractivity contribution >= 4 is 0 Å². The monoisotopic (exact) mass is 234 g/mol. The average Bonchev–Trinajstić information content (AvgIpc) is 2.30. The quantitative estimate of drug-likeness (QED) is 0.819. The molecule has 2 N–H and O–H groups in total. The smallest absolute Gasteiger partial charge is 0.0496 e. The van der Waals surface area contributed by atoms with Crippen LogP contribution in [0.15, 0.2) is 30.3 Å². The topological polar surface area (TPSA) is 29.3 Å². The molecule has 2 nitrogen and oxygen atoms in total. The Bertz CT molecular complexity index is 308. The van der Waals surface area contributed by atoms with Crippen LogP contribution >= 0.6 is 0 Å². The van der Waals surface area contributed by atoms with Crippen molar-refractivity contribution in [1.82, 2.24) is 4.90 Å². The summed E-state index contributed by atoms with van der Waals surface area (Å²) in [7, 11) is 2.18. The summed E-state index contributed by atoms with van der Waals surface area (Å²) in [5.41, 5.74) is 7.47. The van der Waals surface area contributed by atoms with Crippen LogP contribution in [0.5, 0.6) is 0 Å². The second kappa shape index (κ2) is 6.77. The molecule has 0 heterocycles. The van der Waals surface area contributed by atoms with Crippen molar-refractivity contribution in [3.63, 3.8) is 0 Å². The van der Waals surface area contributed by atoms with Crippen LogP contribution in [0.1, 0.15) is 45.2 Å². The fourth-order valence-corrected chi connectivity index (χ4v) is 2.46. The standard InChI is InChI=1S/C15H26N2/c1-5-9-12(2)17(4)15(13(3)16)14-10-7-6-8-11-14/h6-8,10-13,15H,5,9,16H2,1-4H3. The average molecular weight is 234 g/mol. The van der Waals surface area contributed by atoms with E-state index < -0.39 is 0 Å². The maximum atomic E-state index is 6.16. The molecule has 0 aliphatic rings. The Labute approximate surface area is 106 Å². The molecule has 3 atom stereocenters. The van der Waals surface area contributed by atoms with Gasteiger partial charge >= 0.3 is 0 Å². The molecule has 0 saturated carbocycles. The van der Waals surface area contributed by atoms with Gasteiger partial charge in [0.2, 0.25) is 0 Å². The Morgan fingerprint density at radius 2 is 1.76 bits per heavy atom. The first-order chi connectivity index (χ1) is 8.07. The summed E-state index contributed by atoms with van der Waals surface area (Å²) in [5, 5.41) is 0. The normalized spacial score (nSPS) is 16.8. The largest absolute Gasteiger partial charge is 0.326 e. The van der Waals surface area contributed by atoms with Gasteiger partial charge in [-0.15, -0.1) is 0 Å². The lowest BCUT2D eigenvalue weighted by Crippen LogP contribution is -2.41. The van der Waals surface area contributed by atoms with Crippen LogP contribution in [-0.2, 0) is 0 Å². The summed E-state index contributed by atoms with van der Waals surface area (Å²) < 4.78 is 0. The molecule has 0 bridgehead atoms. The Morgan fingerprint density at radius 1 is 1.18 bits per heavy atom. The summed E-state index contributed by atoms with van der Waals surface area (Å²) >= 11 is 0. The summed E-state index contributed by atoms with van der Waals surface area (Å²) in [6.45, 7) is 6.60. The van der Waals surface area contributed by atoms with Gasteiger partial charge in [0.1, 0.15) is 0 Å². The van der Waals surface area contributed by atoms with Crippen molar-refractivity contribution in [3.8, 4) is 0 Å². The van der Waals surface area contributed by atoms with E-state index in [1.807, 2.05) is 0 Å². The number of rotatable bonds is 6. The van der Waals surface area contributed by atoms with E-state index in [1.54, 1.807) is 0 Å². The molecular weight excluding hydrogens is 208 g/mol.